The van der Waals surface area contributed by atoms with Gasteiger partial charge in [0.05, 0.1) is 0 Å². The van der Waals surface area contributed by atoms with Crippen LogP contribution in [-0.2, 0) is 6.42 Å². The summed E-state index contributed by atoms with van der Waals surface area (Å²) in [5.74, 6) is 0. The van der Waals surface area contributed by atoms with Gasteiger partial charge in [0.15, 0.2) is 0 Å². The first-order valence-corrected chi connectivity index (χ1v) is 6.95. The van der Waals surface area contributed by atoms with Crippen molar-refractivity contribution >= 4 is 5.71 Å². The summed E-state index contributed by atoms with van der Waals surface area (Å²) < 4.78 is 0. The predicted octanol–water partition coefficient (Wildman–Crippen LogP) is 5.09. The third-order valence-corrected chi connectivity index (χ3v) is 3.07. The van der Waals surface area contributed by atoms with E-state index in [1.807, 2.05) is 0 Å². The maximum Gasteiger partial charge on any atom is 0.0375 e. The Balaban J connectivity index is 2.58. The second-order valence-corrected chi connectivity index (χ2v) is 4.86. The molecule has 98 valence electrons. The van der Waals surface area contributed by atoms with Crippen LogP contribution in [0.3, 0.4) is 0 Å². The monoisotopic (exact) mass is 243 g/mol. The van der Waals surface area contributed by atoms with Gasteiger partial charge in [-0.3, -0.25) is 4.99 Å². The van der Waals surface area contributed by atoms with Crippen LogP contribution in [0.2, 0.25) is 0 Å². The van der Waals surface area contributed by atoms with Crippen LogP contribution < -0.4 is 0 Å². The van der Waals surface area contributed by atoms with Gasteiger partial charge < -0.3 is 0 Å². The van der Waals surface area contributed by atoms with Crippen molar-refractivity contribution in [1.29, 1.82) is 0 Å². The Kier molecular flexibility index (Phi) is 6.42. The number of rotatable bonds is 7. The number of aryl methyl sites for hydroxylation is 1. The molecule has 0 aliphatic carbocycles. The molecule has 0 heterocycles. The SMILES string of the molecule is C=C(Cc1ccc(C)cc1)N=C(CC)CCCC. The summed E-state index contributed by atoms with van der Waals surface area (Å²) in [6.07, 6.45) is 5.46. The highest BCUT2D eigenvalue weighted by atomic mass is 14.7. The van der Waals surface area contributed by atoms with Crippen LogP contribution in [0.15, 0.2) is 41.5 Å². The van der Waals surface area contributed by atoms with E-state index >= 15 is 0 Å². The van der Waals surface area contributed by atoms with Crippen molar-refractivity contribution in [2.75, 3.05) is 0 Å². The molecule has 1 nitrogen and oxygen atoms in total. The lowest BCUT2D eigenvalue weighted by Crippen LogP contribution is -1.98. The molecule has 0 N–H and O–H groups in total. The smallest absolute Gasteiger partial charge is 0.0375 e. The molecule has 1 aromatic carbocycles. The van der Waals surface area contributed by atoms with Gasteiger partial charge in [-0.1, -0.05) is 56.7 Å². The highest BCUT2D eigenvalue weighted by Gasteiger charge is 2.00. The first kappa shape index (κ1) is 14.7. The molecule has 0 aromatic heterocycles. The van der Waals surface area contributed by atoms with Crippen LogP contribution in [-0.4, -0.2) is 5.71 Å². The third-order valence-electron chi connectivity index (χ3n) is 3.07. The van der Waals surface area contributed by atoms with E-state index in [0.717, 1.165) is 25.0 Å². The van der Waals surface area contributed by atoms with Gasteiger partial charge in [0.2, 0.25) is 0 Å². The number of benzene rings is 1. The van der Waals surface area contributed by atoms with Crippen molar-refractivity contribution in [2.24, 2.45) is 4.99 Å². The molecule has 1 aromatic rings. The Morgan fingerprint density at radius 2 is 1.83 bits per heavy atom. The molecule has 0 radical (unpaired) electrons. The van der Waals surface area contributed by atoms with Crippen molar-refractivity contribution in [2.45, 2.75) is 52.9 Å². The molecule has 0 bridgehead atoms. The van der Waals surface area contributed by atoms with E-state index in [4.69, 9.17) is 0 Å². The highest BCUT2D eigenvalue weighted by Crippen LogP contribution is 2.11. The van der Waals surface area contributed by atoms with E-state index in [1.54, 1.807) is 0 Å². The van der Waals surface area contributed by atoms with Crippen molar-refractivity contribution in [3.05, 3.63) is 47.7 Å². The first-order chi connectivity index (χ1) is 8.65. The maximum atomic E-state index is 4.67. The number of hydrogen-bond acceptors (Lipinski definition) is 1. The van der Waals surface area contributed by atoms with Gasteiger partial charge >= 0.3 is 0 Å². The molecule has 1 heteroatoms. The van der Waals surface area contributed by atoms with Gasteiger partial charge in [0, 0.05) is 17.8 Å². The number of nitrogens with zero attached hydrogens (tertiary/aromatic N) is 1. The van der Waals surface area contributed by atoms with Crippen molar-refractivity contribution in [1.82, 2.24) is 0 Å². The minimum Gasteiger partial charge on any atom is -0.263 e. The summed E-state index contributed by atoms with van der Waals surface area (Å²) in [5.41, 5.74) is 4.85. The molecule has 0 saturated carbocycles. The van der Waals surface area contributed by atoms with E-state index in [2.05, 4.69) is 56.6 Å². The van der Waals surface area contributed by atoms with Crippen LogP contribution >= 0.6 is 0 Å². The molecule has 0 amide bonds. The number of allylic oxidation sites excluding steroid dienone is 1. The summed E-state index contributed by atoms with van der Waals surface area (Å²) >= 11 is 0. The lowest BCUT2D eigenvalue weighted by molar-refractivity contribution is 0.824. The normalized spacial score (nSPS) is 11.6. The molecule has 18 heavy (non-hydrogen) atoms. The van der Waals surface area contributed by atoms with Crippen LogP contribution in [0.1, 0.15) is 50.7 Å². The lowest BCUT2D eigenvalue weighted by atomic mass is 10.1. The quantitative estimate of drug-likeness (QED) is 0.591. The summed E-state index contributed by atoms with van der Waals surface area (Å²) in [4.78, 5) is 4.67. The van der Waals surface area contributed by atoms with Gasteiger partial charge in [0.1, 0.15) is 0 Å². The van der Waals surface area contributed by atoms with Gasteiger partial charge in [0.25, 0.3) is 0 Å². The Morgan fingerprint density at radius 1 is 1.17 bits per heavy atom. The van der Waals surface area contributed by atoms with Crippen LogP contribution in [0.25, 0.3) is 0 Å². The molecule has 0 saturated heterocycles. The lowest BCUT2D eigenvalue weighted by Gasteiger charge is -2.06. The summed E-state index contributed by atoms with van der Waals surface area (Å²) in [5, 5.41) is 0. The summed E-state index contributed by atoms with van der Waals surface area (Å²) in [6, 6.07) is 8.61. The second-order valence-electron chi connectivity index (χ2n) is 4.86. The van der Waals surface area contributed by atoms with E-state index in [9.17, 15) is 0 Å². The van der Waals surface area contributed by atoms with E-state index < -0.39 is 0 Å². The fourth-order valence-corrected chi connectivity index (χ4v) is 1.90. The highest BCUT2D eigenvalue weighted by molar-refractivity contribution is 5.85. The zero-order valence-corrected chi connectivity index (χ0v) is 12.0. The topological polar surface area (TPSA) is 12.4 Å². The summed E-state index contributed by atoms with van der Waals surface area (Å²) in [7, 11) is 0. The molecular formula is C17H25N. The molecule has 0 aliphatic rings. The fraction of sp³-hybridized carbons (Fsp3) is 0.471. The third kappa shape index (κ3) is 5.31. The van der Waals surface area contributed by atoms with Crippen LogP contribution in [0.4, 0.5) is 0 Å². The van der Waals surface area contributed by atoms with E-state index in [1.165, 1.54) is 29.7 Å². The zero-order chi connectivity index (χ0) is 13.4. The Labute approximate surface area is 112 Å². The second kappa shape index (κ2) is 7.86. The Bertz CT molecular complexity index is 398. The Hall–Kier alpha value is -1.37. The van der Waals surface area contributed by atoms with Crippen molar-refractivity contribution in [3.8, 4) is 0 Å². The number of hydrogen-bond donors (Lipinski definition) is 0. The van der Waals surface area contributed by atoms with Crippen molar-refractivity contribution < 1.29 is 0 Å². The maximum absolute atomic E-state index is 4.67. The summed E-state index contributed by atoms with van der Waals surface area (Å²) in [6.45, 7) is 10.6. The molecule has 0 aliphatic heterocycles. The zero-order valence-electron chi connectivity index (χ0n) is 12.0. The van der Waals surface area contributed by atoms with Crippen LogP contribution in [0.5, 0.6) is 0 Å². The molecule has 1 rings (SSSR count). The minimum absolute atomic E-state index is 0.857. The average molecular weight is 243 g/mol. The minimum atomic E-state index is 0.857. The first-order valence-electron chi connectivity index (χ1n) is 6.95. The van der Waals surface area contributed by atoms with Gasteiger partial charge in [-0.15, -0.1) is 0 Å². The molecule has 0 spiro atoms. The largest absolute Gasteiger partial charge is 0.263 e. The van der Waals surface area contributed by atoms with Gasteiger partial charge in [-0.2, -0.15) is 0 Å². The van der Waals surface area contributed by atoms with Crippen molar-refractivity contribution in [3.63, 3.8) is 0 Å². The van der Waals surface area contributed by atoms with E-state index in [-0.39, 0.29) is 0 Å². The molecular weight excluding hydrogens is 218 g/mol. The number of unbranched alkanes of at least 4 members (excludes halogenated alkanes) is 1. The fourth-order valence-electron chi connectivity index (χ4n) is 1.90. The van der Waals surface area contributed by atoms with Crippen LogP contribution in [0, 0.1) is 6.92 Å². The molecule has 0 unspecified atom stereocenters. The average Bonchev–Trinajstić information content (AvgIpc) is 2.37. The van der Waals surface area contributed by atoms with Gasteiger partial charge in [-0.25, -0.2) is 0 Å². The molecule has 0 atom stereocenters. The van der Waals surface area contributed by atoms with Gasteiger partial charge in [-0.05, 0) is 31.7 Å². The molecule has 0 fully saturated rings. The predicted molar refractivity (Wildman–Crippen MR) is 81.3 cm³/mol. The standard InChI is InChI=1S/C17H25N/c1-5-7-8-17(6-2)18-15(4)13-16-11-9-14(3)10-12-16/h9-12H,4-8,13H2,1-3H3. The van der Waals surface area contributed by atoms with E-state index in [0.29, 0.717) is 0 Å². The Morgan fingerprint density at radius 3 is 2.39 bits per heavy atom. The number of aliphatic imine (C=N–C) groups is 1.